The van der Waals surface area contributed by atoms with E-state index in [2.05, 4.69) is 6.07 Å². The number of nitrogens with two attached hydrogens (primary N) is 2. The van der Waals surface area contributed by atoms with Gasteiger partial charge in [-0.25, -0.2) is 4.39 Å². The molecule has 1 aromatic carbocycles. The molecule has 0 amide bonds. The summed E-state index contributed by atoms with van der Waals surface area (Å²) in [6, 6.07) is 5.65. The number of likely N-dealkylation sites (N-methyl/N-ethyl adjacent to an activating group) is 1. The van der Waals surface area contributed by atoms with Crippen molar-refractivity contribution < 1.29 is 4.39 Å². The molecule has 1 atom stereocenters. The Morgan fingerprint density at radius 2 is 2.10 bits per heavy atom. The molecule has 1 unspecified atom stereocenters. The van der Waals surface area contributed by atoms with Crippen LogP contribution in [0.4, 0.5) is 21.5 Å². The minimum Gasteiger partial charge on any atom is -0.397 e. The zero-order valence-electron chi connectivity index (χ0n) is 11.4. The fourth-order valence-electron chi connectivity index (χ4n) is 2.09. The third-order valence-corrected chi connectivity index (χ3v) is 4.61. The predicted molar refractivity (Wildman–Crippen MR) is 86.1 cm³/mol. The lowest BCUT2D eigenvalue weighted by Crippen LogP contribution is -2.32. The highest BCUT2D eigenvalue weighted by Gasteiger charge is 2.21. The third-order valence-electron chi connectivity index (χ3n) is 3.33. The first-order valence-electron chi connectivity index (χ1n) is 6.20. The van der Waals surface area contributed by atoms with E-state index < -0.39 is 5.82 Å². The lowest BCUT2D eigenvalue weighted by Gasteiger charge is -2.29. The van der Waals surface area contributed by atoms with E-state index in [1.165, 1.54) is 10.9 Å². The number of benzene rings is 1. The first-order chi connectivity index (χ1) is 9.41. The quantitative estimate of drug-likeness (QED) is 0.845. The van der Waals surface area contributed by atoms with Crippen LogP contribution in [0, 0.1) is 5.82 Å². The standard InChI is InChI=1S/C14H17ClFN3S/c1-8(6-9-4-3-5-20-9)19(2)14-11(18)7-10(17)12(15)13(14)16/h3-5,7-8H,6,17-18H2,1-2H3. The van der Waals surface area contributed by atoms with Crippen molar-refractivity contribution in [1.82, 2.24) is 0 Å². The molecule has 1 aromatic heterocycles. The van der Waals surface area contributed by atoms with Crippen LogP contribution in [0.25, 0.3) is 0 Å². The molecule has 108 valence electrons. The maximum absolute atomic E-state index is 14.3. The molecule has 2 rings (SSSR count). The van der Waals surface area contributed by atoms with Crippen molar-refractivity contribution in [3.05, 3.63) is 39.3 Å². The normalized spacial score (nSPS) is 12.4. The highest BCUT2D eigenvalue weighted by Crippen LogP contribution is 2.36. The van der Waals surface area contributed by atoms with E-state index in [9.17, 15) is 4.39 Å². The fraction of sp³-hybridized carbons (Fsp3) is 0.286. The van der Waals surface area contributed by atoms with Crippen molar-refractivity contribution in [3.8, 4) is 0 Å². The van der Waals surface area contributed by atoms with Crippen molar-refractivity contribution in [2.45, 2.75) is 19.4 Å². The van der Waals surface area contributed by atoms with Gasteiger partial charge in [0, 0.05) is 24.4 Å². The Labute approximate surface area is 126 Å². The predicted octanol–water partition coefficient (Wildman–Crippen LogP) is 3.77. The summed E-state index contributed by atoms with van der Waals surface area (Å²) in [4.78, 5) is 3.04. The molecule has 0 radical (unpaired) electrons. The molecule has 0 aliphatic rings. The zero-order valence-corrected chi connectivity index (χ0v) is 12.9. The van der Waals surface area contributed by atoms with Gasteiger partial charge in [0.15, 0.2) is 5.82 Å². The molecule has 4 N–H and O–H groups in total. The Kier molecular flexibility index (Phi) is 4.40. The molecular formula is C14H17ClFN3S. The van der Waals surface area contributed by atoms with Crippen LogP contribution in [0.15, 0.2) is 23.6 Å². The van der Waals surface area contributed by atoms with Crippen molar-refractivity contribution in [1.29, 1.82) is 0 Å². The zero-order chi connectivity index (χ0) is 14.9. The Balaban J connectivity index is 2.29. The molecule has 0 aliphatic carbocycles. The molecule has 0 aliphatic heterocycles. The van der Waals surface area contributed by atoms with E-state index >= 15 is 0 Å². The number of hydrogen-bond acceptors (Lipinski definition) is 4. The summed E-state index contributed by atoms with van der Waals surface area (Å²) in [5, 5.41) is 1.95. The molecule has 0 bridgehead atoms. The first kappa shape index (κ1) is 14.9. The molecule has 0 spiro atoms. The Morgan fingerprint density at radius 1 is 1.40 bits per heavy atom. The topological polar surface area (TPSA) is 55.3 Å². The number of thiophene rings is 1. The van der Waals surface area contributed by atoms with Gasteiger partial charge >= 0.3 is 0 Å². The first-order valence-corrected chi connectivity index (χ1v) is 7.45. The number of rotatable bonds is 4. The Morgan fingerprint density at radius 3 is 2.70 bits per heavy atom. The lowest BCUT2D eigenvalue weighted by atomic mass is 10.1. The Bertz CT molecular complexity index is 601. The van der Waals surface area contributed by atoms with Gasteiger partial charge in [-0.05, 0) is 24.4 Å². The van der Waals surface area contributed by atoms with Crippen LogP contribution < -0.4 is 16.4 Å². The summed E-state index contributed by atoms with van der Waals surface area (Å²) in [6.07, 6.45) is 0.815. The van der Waals surface area contributed by atoms with Gasteiger partial charge in [-0.15, -0.1) is 11.3 Å². The molecular weight excluding hydrogens is 297 g/mol. The molecule has 0 saturated heterocycles. The summed E-state index contributed by atoms with van der Waals surface area (Å²) in [7, 11) is 1.81. The number of hydrogen-bond donors (Lipinski definition) is 2. The van der Waals surface area contributed by atoms with Crippen molar-refractivity contribution >= 4 is 40.0 Å². The van der Waals surface area contributed by atoms with Gasteiger partial charge in [-0.2, -0.15) is 0 Å². The van der Waals surface area contributed by atoms with Crippen molar-refractivity contribution in [2.75, 3.05) is 23.4 Å². The van der Waals surface area contributed by atoms with E-state index in [-0.39, 0.29) is 16.8 Å². The fourth-order valence-corrected chi connectivity index (χ4v) is 3.06. The lowest BCUT2D eigenvalue weighted by molar-refractivity contribution is 0.607. The monoisotopic (exact) mass is 313 g/mol. The summed E-state index contributed by atoms with van der Waals surface area (Å²) in [5.41, 5.74) is 12.2. The number of halogens is 2. The van der Waals surface area contributed by atoms with Gasteiger partial charge in [0.25, 0.3) is 0 Å². The molecule has 3 nitrogen and oxygen atoms in total. The smallest absolute Gasteiger partial charge is 0.169 e. The second-order valence-electron chi connectivity index (χ2n) is 4.78. The third kappa shape index (κ3) is 2.83. The van der Waals surface area contributed by atoms with E-state index in [0.717, 1.165) is 6.42 Å². The molecule has 2 aromatic rings. The maximum Gasteiger partial charge on any atom is 0.169 e. The number of nitrogen functional groups attached to an aromatic ring is 2. The van der Waals surface area contributed by atoms with Crippen molar-refractivity contribution in [2.24, 2.45) is 0 Å². The number of anilines is 3. The van der Waals surface area contributed by atoms with Crippen LogP contribution in [0.1, 0.15) is 11.8 Å². The second kappa shape index (κ2) is 5.89. The summed E-state index contributed by atoms with van der Waals surface area (Å²) in [6.45, 7) is 2.02. The second-order valence-corrected chi connectivity index (χ2v) is 6.19. The maximum atomic E-state index is 14.3. The molecule has 20 heavy (non-hydrogen) atoms. The minimum absolute atomic E-state index is 0.0793. The van der Waals surface area contributed by atoms with Gasteiger partial charge in [-0.3, -0.25) is 0 Å². The van der Waals surface area contributed by atoms with Gasteiger partial charge in [0.1, 0.15) is 5.02 Å². The van der Waals surface area contributed by atoms with Gasteiger partial charge < -0.3 is 16.4 Å². The van der Waals surface area contributed by atoms with E-state index in [4.69, 9.17) is 23.1 Å². The van der Waals surface area contributed by atoms with Crippen LogP contribution in [0.5, 0.6) is 0 Å². The van der Waals surface area contributed by atoms with Crippen LogP contribution in [-0.4, -0.2) is 13.1 Å². The highest BCUT2D eigenvalue weighted by molar-refractivity contribution is 7.09. The average Bonchev–Trinajstić information content (AvgIpc) is 2.88. The van der Waals surface area contributed by atoms with Crippen LogP contribution in [0.3, 0.4) is 0 Å². The van der Waals surface area contributed by atoms with Crippen LogP contribution in [0.2, 0.25) is 5.02 Å². The Hall–Kier alpha value is -1.46. The highest BCUT2D eigenvalue weighted by atomic mass is 35.5. The van der Waals surface area contributed by atoms with Gasteiger partial charge in [0.2, 0.25) is 0 Å². The summed E-state index contributed by atoms with van der Waals surface area (Å²) < 4.78 is 14.3. The van der Waals surface area contributed by atoms with Gasteiger partial charge in [-0.1, -0.05) is 17.7 Å². The summed E-state index contributed by atoms with van der Waals surface area (Å²) >= 11 is 7.55. The largest absolute Gasteiger partial charge is 0.397 e. The van der Waals surface area contributed by atoms with Crippen LogP contribution in [-0.2, 0) is 6.42 Å². The number of nitrogens with zero attached hydrogens (tertiary/aromatic N) is 1. The van der Waals surface area contributed by atoms with Crippen molar-refractivity contribution in [3.63, 3.8) is 0 Å². The molecule has 1 heterocycles. The molecule has 0 saturated carbocycles. The van der Waals surface area contributed by atoms with Crippen LogP contribution >= 0.6 is 22.9 Å². The minimum atomic E-state index is -0.565. The van der Waals surface area contributed by atoms with E-state index in [1.54, 1.807) is 23.3 Å². The van der Waals surface area contributed by atoms with E-state index in [0.29, 0.717) is 11.4 Å². The van der Waals surface area contributed by atoms with E-state index in [1.807, 2.05) is 18.4 Å². The average molecular weight is 314 g/mol. The summed E-state index contributed by atoms with van der Waals surface area (Å²) in [5.74, 6) is -0.565. The van der Waals surface area contributed by atoms with Gasteiger partial charge in [0.05, 0.1) is 17.1 Å². The SMILES string of the molecule is CC(Cc1cccs1)N(C)c1c(N)cc(N)c(Cl)c1F. The molecule has 6 heteroatoms. The molecule has 0 fully saturated rings.